The topological polar surface area (TPSA) is 73.8 Å². The van der Waals surface area contributed by atoms with E-state index in [2.05, 4.69) is 4.98 Å². The van der Waals surface area contributed by atoms with Crippen molar-refractivity contribution in [1.82, 2.24) is 9.88 Å². The van der Waals surface area contributed by atoms with Crippen LogP contribution < -0.4 is 9.80 Å². The Balaban J connectivity index is 0.00000441. The standard InChI is InChI=1S/C32H38N4O3.ClH/c1-7-36-26-16-15-24(20-27(26)34(6)28(37)32(4,5)30(36)39)22-35(19-17-23-12-11-18-33-21-23)29(38)31(2,3)25-13-9-8-10-14-25;/h8-16,18,20-21H,7,17,19,22H2,1-6H3;1H. The van der Waals surface area contributed by atoms with Crippen molar-refractivity contribution in [3.8, 4) is 0 Å². The maximum absolute atomic E-state index is 14.1. The van der Waals surface area contributed by atoms with Crippen molar-refractivity contribution in [2.45, 2.75) is 53.0 Å². The van der Waals surface area contributed by atoms with Crippen LogP contribution >= 0.6 is 12.4 Å². The first kappa shape index (κ1) is 30.8. The molecule has 212 valence electrons. The molecule has 0 spiro atoms. The van der Waals surface area contributed by atoms with E-state index in [4.69, 9.17) is 0 Å². The average Bonchev–Trinajstić information content (AvgIpc) is 3.00. The molecule has 4 rings (SSSR count). The van der Waals surface area contributed by atoms with Crippen LogP contribution in [0.15, 0.2) is 73.1 Å². The molecular weight excluding hydrogens is 524 g/mol. The van der Waals surface area contributed by atoms with Gasteiger partial charge in [-0.25, -0.2) is 0 Å². The maximum Gasteiger partial charge on any atom is 0.242 e. The summed E-state index contributed by atoms with van der Waals surface area (Å²) >= 11 is 0. The first-order valence-electron chi connectivity index (χ1n) is 13.4. The van der Waals surface area contributed by atoms with Gasteiger partial charge in [0.2, 0.25) is 17.7 Å². The lowest BCUT2D eigenvalue weighted by molar-refractivity contribution is -0.138. The van der Waals surface area contributed by atoms with Gasteiger partial charge in [0.15, 0.2) is 0 Å². The predicted molar refractivity (Wildman–Crippen MR) is 162 cm³/mol. The molecule has 3 amide bonds. The fourth-order valence-electron chi connectivity index (χ4n) is 5.20. The van der Waals surface area contributed by atoms with Crippen molar-refractivity contribution in [1.29, 1.82) is 0 Å². The van der Waals surface area contributed by atoms with Crippen LogP contribution in [0, 0.1) is 5.41 Å². The van der Waals surface area contributed by atoms with Crippen LogP contribution in [-0.2, 0) is 32.8 Å². The summed E-state index contributed by atoms with van der Waals surface area (Å²) in [7, 11) is 1.71. The molecule has 1 aliphatic heterocycles. The summed E-state index contributed by atoms with van der Waals surface area (Å²) in [4.78, 5) is 50.0. The molecule has 0 fully saturated rings. The molecule has 40 heavy (non-hydrogen) atoms. The lowest BCUT2D eigenvalue weighted by Crippen LogP contribution is -2.47. The highest BCUT2D eigenvalue weighted by Gasteiger charge is 2.45. The van der Waals surface area contributed by atoms with Gasteiger partial charge in [0.25, 0.3) is 0 Å². The van der Waals surface area contributed by atoms with Crippen molar-refractivity contribution < 1.29 is 14.4 Å². The highest BCUT2D eigenvalue weighted by molar-refractivity contribution is 6.19. The van der Waals surface area contributed by atoms with E-state index in [-0.39, 0.29) is 30.1 Å². The van der Waals surface area contributed by atoms with Crippen LogP contribution in [0.5, 0.6) is 0 Å². The number of nitrogens with zero attached hydrogens (tertiary/aromatic N) is 4. The zero-order chi connectivity index (χ0) is 28.4. The SMILES string of the molecule is CCN1C(=O)C(C)(C)C(=O)N(C)c2cc(CN(CCc3cccnc3)C(=O)C(C)(C)c3ccccc3)ccc21.Cl. The third kappa shape index (κ3) is 5.89. The minimum absolute atomic E-state index is 0. The summed E-state index contributed by atoms with van der Waals surface area (Å²) in [5.41, 5.74) is 2.36. The molecule has 0 atom stereocenters. The fourth-order valence-corrected chi connectivity index (χ4v) is 5.20. The molecule has 8 heteroatoms. The van der Waals surface area contributed by atoms with E-state index in [0.29, 0.717) is 37.4 Å². The third-order valence-corrected chi connectivity index (χ3v) is 7.71. The predicted octanol–water partition coefficient (Wildman–Crippen LogP) is 5.41. The number of hydrogen-bond acceptors (Lipinski definition) is 4. The van der Waals surface area contributed by atoms with Gasteiger partial charge in [0, 0.05) is 39.1 Å². The van der Waals surface area contributed by atoms with E-state index in [9.17, 15) is 14.4 Å². The van der Waals surface area contributed by atoms with Crippen molar-refractivity contribution in [2.24, 2.45) is 5.41 Å². The number of hydrogen-bond donors (Lipinski definition) is 0. The summed E-state index contributed by atoms with van der Waals surface area (Å²) in [5, 5.41) is 0. The molecule has 0 radical (unpaired) electrons. The molecule has 7 nitrogen and oxygen atoms in total. The normalized spacial score (nSPS) is 14.8. The Bertz CT molecular complexity index is 1360. The van der Waals surface area contributed by atoms with Crippen LogP contribution in [0.1, 0.15) is 51.3 Å². The number of benzene rings is 2. The Morgan fingerprint density at radius 1 is 0.950 bits per heavy atom. The van der Waals surface area contributed by atoms with Gasteiger partial charge in [-0.1, -0.05) is 42.5 Å². The monoisotopic (exact) mass is 562 g/mol. The smallest absolute Gasteiger partial charge is 0.242 e. The number of amides is 3. The van der Waals surface area contributed by atoms with Crippen LogP contribution in [0.2, 0.25) is 0 Å². The number of halogens is 1. The second-order valence-electron chi connectivity index (χ2n) is 11.2. The fraction of sp³-hybridized carbons (Fsp3) is 0.375. The van der Waals surface area contributed by atoms with E-state index in [1.165, 1.54) is 0 Å². The number of carbonyl (C=O) groups is 3. The minimum atomic E-state index is -1.17. The van der Waals surface area contributed by atoms with Gasteiger partial charge in [-0.2, -0.15) is 0 Å². The van der Waals surface area contributed by atoms with Gasteiger partial charge < -0.3 is 14.7 Å². The molecule has 0 unspecified atom stereocenters. The van der Waals surface area contributed by atoms with Gasteiger partial charge >= 0.3 is 0 Å². The van der Waals surface area contributed by atoms with Gasteiger partial charge in [0.1, 0.15) is 5.41 Å². The molecule has 0 aliphatic carbocycles. The zero-order valence-corrected chi connectivity index (χ0v) is 25.0. The van der Waals surface area contributed by atoms with Crippen LogP contribution in [0.4, 0.5) is 11.4 Å². The lowest BCUT2D eigenvalue weighted by atomic mass is 9.83. The largest absolute Gasteiger partial charge is 0.337 e. The summed E-state index contributed by atoms with van der Waals surface area (Å²) in [6.45, 7) is 10.5. The van der Waals surface area contributed by atoms with Gasteiger partial charge in [-0.05, 0) is 75.9 Å². The number of pyridine rings is 1. The van der Waals surface area contributed by atoms with Crippen molar-refractivity contribution in [3.05, 3.63) is 89.7 Å². The number of aromatic nitrogens is 1. The van der Waals surface area contributed by atoms with E-state index in [1.807, 2.05) is 92.5 Å². The summed E-state index contributed by atoms with van der Waals surface area (Å²) < 4.78 is 0. The Labute approximate surface area is 243 Å². The molecule has 0 saturated carbocycles. The van der Waals surface area contributed by atoms with Crippen LogP contribution in [-0.4, -0.2) is 47.7 Å². The number of anilines is 2. The van der Waals surface area contributed by atoms with Gasteiger partial charge in [-0.3, -0.25) is 19.4 Å². The number of carbonyl (C=O) groups excluding carboxylic acids is 3. The van der Waals surface area contributed by atoms with Crippen LogP contribution in [0.3, 0.4) is 0 Å². The highest BCUT2D eigenvalue weighted by Crippen LogP contribution is 2.39. The summed E-state index contributed by atoms with van der Waals surface area (Å²) in [5.74, 6) is -0.453. The molecular formula is C32H39ClN4O3. The number of fused-ring (bicyclic) bond motifs is 1. The van der Waals surface area contributed by atoms with Gasteiger partial charge in [-0.15, -0.1) is 12.4 Å². The molecule has 2 aromatic carbocycles. The van der Waals surface area contributed by atoms with Crippen molar-refractivity contribution >= 4 is 41.5 Å². The molecule has 3 aromatic rings. The molecule has 2 heterocycles. The van der Waals surface area contributed by atoms with Crippen LogP contribution in [0.25, 0.3) is 0 Å². The lowest BCUT2D eigenvalue weighted by Gasteiger charge is -2.33. The third-order valence-electron chi connectivity index (χ3n) is 7.71. The zero-order valence-electron chi connectivity index (χ0n) is 24.2. The van der Waals surface area contributed by atoms with E-state index in [1.54, 1.807) is 36.9 Å². The van der Waals surface area contributed by atoms with E-state index in [0.717, 1.165) is 16.7 Å². The first-order chi connectivity index (χ1) is 18.5. The summed E-state index contributed by atoms with van der Waals surface area (Å²) in [6, 6.07) is 19.5. The number of rotatable bonds is 8. The maximum atomic E-state index is 14.1. The minimum Gasteiger partial charge on any atom is -0.337 e. The summed E-state index contributed by atoms with van der Waals surface area (Å²) in [6.07, 6.45) is 4.23. The average molecular weight is 563 g/mol. The Kier molecular flexibility index (Phi) is 9.41. The highest BCUT2D eigenvalue weighted by atomic mass is 35.5. The second-order valence-corrected chi connectivity index (χ2v) is 11.2. The molecule has 0 saturated heterocycles. The van der Waals surface area contributed by atoms with Crippen molar-refractivity contribution in [3.63, 3.8) is 0 Å². The van der Waals surface area contributed by atoms with E-state index >= 15 is 0 Å². The first-order valence-corrected chi connectivity index (χ1v) is 13.4. The molecule has 0 bridgehead atoms. The Morgan fingerprint density at radius 3 is 2.27 bits per heavy atom. The Morgan fingerprint density at radius 2 is 1.65 bits per heavy atom. The Hall–Kier alpha value is -3.71. The quantitative estimate of drug-likeness (QED) is 0.344. The van der Waals surface area contributed by atoms with Crippen molar-refractivity contribution in [2.75, 3.05) is 29.9 Å². The second kappa shape index (κ2) is 12.2. The molecule has 1 aromatic heterocycles. The molecule has 1 aliphatic rings. The van der Waals surface area contributed by atoms with E-state index < -0.39 is 10.8 Å². The van der Waals surface area contributed by atoms with Gasteiger partial charge in [0.05, 0.1) is 16.8 Å². The molecule has 0 N–H and O–H groups in total.